The van der Waals surface area contributed by atoms with E-state index in [1.165, 1.54) is 24.3 Å². The van der Waals surface area contributed by atoms with Crippen molar-refractivity contribution >= 4 is 11.9 Å². The van der Waals surface area contributed by atoms with Crippen molar-refractivity contribution < 1.29 is 23.8 Å². The Morgan fingerprint density at radius 3 is 2.61 bits per heavy atom. The van der Waals surface area contributed by atoms with Gasteiger partial charge in [-0.05, 0) is 44.0 Å². The molecular weight excluding hydrogens is 303 g/mol. The summed E-state index contributed by atoms with van der Waals surface area (Å²) in [4.78, 5) is 24.7. The van der Waals surface area contributed by atoms with Gasteiger partial charge >= 0.3 is 5.97 Å². The fraction of sp³-hybridized carbons (Fsp3) is 0.500. The lowest BCUT2D eigenvalue weighted by Crippen LogP contribution is -2.46. The summed E-state index contributed by atoms with van der Waals surface area (Å²) in [6, 6.07) is 5.14. The number of hydrogen-bond acceptors (Lipinski definition) is 4. The highest BCUT2D eigenvalue weighted by Gasteiger charge is 2.35. The number of ether oxygens (including phenoxy) is 1. The number of benzene rings is 1. The van der Waals surface area contributed by atoms with Crippen molar-refractivity contribution in [3.63, 3.8) is 0 Å². The number of carbonyl (C=O) groups excluding carboxylic acids is 1. The average molecular weight is 324 g/mol. The van der Waals surface area contributed by atoms with Gasteiger partial charge in [-0.3, -0.25) is 14.5 Å². The second-order valence-electron chi connectivity index (χ2n) is 5.57. The first-order valence-electron chi connectivity index (χ1n) is 7.61. The third kappa shape index (κ3) is 5.52. The zero-order valence-electron chi connectivity index (χ0n) is 13.0. The molecule has 0 spiro atoms. The molecule has 1 unspecified atom stereocenters. The van der Waals surface area contributed by atoms with E-state index in [4.69, 9.17) is 9.84 Å². The molecule has 126 valence electrons. The number of carboxylic acid groups (broad SMARTS) is 1. The molecule has 2 N–H and O–H groups in total. The Morgan fingerprint density at radius 1 is 1.39 bits per heavy atom. The molecule has 0 saturated heterocycles. The molecule has 1 aliphatic rings. The molecular formula is C16H21FN2O4. The van der Waals surface area contributed by atoms with Crippen molar-refractivity contribution in [2.24, 2.45) is 0 Å². The number of halogens is 1. The summed E-state index contributed by atoms with van der Waals surface area (Å²) in [5, 5.41) is 11.8. The van der Waals surface area contributed by atoms with Crippen LogP contribution >= 0.6 is 0 Å². The van der Waals surface area contributed by atoms with E-state index in [0.717, 1.165) is 12.8 Å². The Bertz CT molecular complexity index is 546. The van der Waals surface area contributed by atoms with Crippen molar-refractivity contribution in [2.45, 2.75) is 31.8 Å². The molecule has 1 atom stereocenters. The lowest BCUT2D eigenvalue weighted by molar-refractivity contribution is -0.143. The lowest BCUT2D eigenvalue weighted by atomic mass is 10.2. The van der Waals surface area contributed by atoms with Crippen molar-refractivity contribution in [3.8, 4) is 5.75 Å². The molecule has 23 heavy (non-hydrogen) atoms. The first-order chi connectivity index (χ1) is 11.0. The van der Waals surface area contributed by atoms with E-state index < -0.39 is 12.0 Å². The monoisotopic (exact) mass is 324 g/mol. The van der Waals surface area contributed by atoms with E-state index in [0.29, 0.717) is 12.3 Å². The van der Waals surface area contributed by atoms with Crippen molar-refractivity contribution in [3.05, 3.63) is 30.1 Å². The molecule has 0 bridgehead atoms. The molecule has 0 aliphatic heterocycles. The van der Waals surface area contributed by atoms with Crippen LogP contribution in [0.25, 0.3) is 0 Å². The van der Waals surface area contributed by atoms with Crippen LogP contribution in [0.15, 0.2) is 24.3 Å². The third-order valence-electron chi connectivity index (χ3n) is 3.70. The summed E-state index contributed by atoms with van der Waals surface area (Å²) in [5.41, 5.74) is 0. The zero-order valence-corrected chi connectivity index (χ0v) is 13.0. The highest BCUT2D eigenvalue weighted by molar-refractivity contribution is 5.79. The molecule has 1 saturated carbocycles. The number of rotatable bonds is 9. The topological polar surface area (TPSA) is 78.9 Å². The Morgan fingerprint density at radius 2 is 2.04 bits per heavy atom. The van der Waals surface area contributed by atoms with E-state index in [1.54, 1.807) is 11.8 Å². The number of carbonyl (C=O) groups is 2. The number of aliphatic carboxylic acids is 1. The van der Waals surface area contributed by atoms with Crippen LogP contribution < -0.4 is 10.1 Å². The average Bonchev–Trinajstić information content (AvgIpc) is 3.35. The Hall–Kier alpha value is -2.15. The van der Waals surface area contributed by atoms with E-state index in [2.05, 4.69) is 5.32 Å². The van der Waals surface area contributed by atoms with Crippen LogP contribution in [0.5, 0.6) is 5.75 Å². The second kappa shape index (κ2) is 7.92. The van der Waals surface area contributed by atoms with Gasteiger partial charge in [-0.15, -0.1) is 0 Å². The van der Waals surface area contributed by atoms with Gasteiger partial charge in [0.1, 0.15) is 24.2 Å². The molecule has 0 aromatic heterocycles. The molecule has 1 fully saturated rings. The Balaban J connectivity index is 1.69. The van der Waals surface area contributed by atoms with Gasteiger partial charge in [0.2, 0.25) is 5.91 Å². The van der Waals surface area contributed by atoms with Gasteiger partial charge in [-0.25, -0.2) is 4.39 Å². The third-order valence-corrected chi connectivity index (χ3v) is 3.70. The second-order valence-corrected chi connectivity index (χ2v) is 5.57. The van der Waals surface area contributed by atoms with Crippen LogP contribution in [0.2, 0.25) is 0 Å². The number of hydrogen-bond donors (Lipinski definition) is 2. The van der Waals surface area contributed by atoms with Crippen LogP contribution in [0.3, 0.4) is 0 Å². The summed E-state index contributed by atoms with van der Waals surface area (Å²) >= 11 is 0. The van der Waals surface area contributed by atoms with Gasteiger partial charge in [-0.1, -0.05) is 0 Å². The normalized spacial score (nSPS) is 15.3. The van der Waals surface area contributed by atoms with Gasteiger partial charge in [0, 0.05) is 6.04 Å². The standard InChI is InChI=1S/C16H21FN2O4/c1-11(16(21)22)19(13-4-5-13)10-15(20)18-8-9-23-14-6-2-12(17)3-7-14/h2-3,6-7,11,13H,4-5,8-10H2,1H3,(H,18,20)(H,21,22). The van der Waals surface area contributed by atoms with Gasteiger partial charge in [0.25, 0.3) is 0 Å². The molecule has 7 heteroatoms. The predicted octanol–water partition coefficient (Wildman–Crippen LogP) is 1.26. The predicted molar refractivity (Wildman–Crippen MR) is 81.7 cm³/mol. The van der Waals surface area contributed by atoms with Crippen LogP contribution in [0.4, 0.5) is 4.39 Å². The maximum Gasteiger partial charge on any atom is 0.320 e. The van der Waals surface area contributed by atoms with Crippen molar-refractivity contribution in [1.29, 1.82) is 0 Å². The van der Waals surface area contributed by atoms with Crippen molar-refractivity contribution in [1.82, 2.24) is 10.2 Å². The summed E-state index contributed by atoms with van der Waals surface area (Å²) in [5.74, 6) is -0.963. The van der Waals surface area contributed by atoms with Gasteiger partial charge in [-0.2, -0.15) is 0 Å². The Kier molecular flexibility index (Phi) is 5.92. The van der Waals surface area contributed by atoms with Crippen LogP contribution in [-0.4, -0.2) is 53.7 Å². The van der Waals surface area contributed by atoms with Gasteiger partial charge in [0.05, 0.1) is 13.1 Å². The van der Waals surface area contributed by atoms with Crippen LogP contribution in [0.1, 0.15) is 19.8 Å². The molecule has 1 aromatic rings. The van der Waals surface area contributed by atoms with E-state index in [9.17, 15) is 14.0 Å². The zero-order chi connectivity index (χ0) is 16.8. The molecule has 1 aromatic carbocycles. The fourth-order valence-electron chi connectivity index (χ4n) is 2.24. The largest absolute Gasteiger partial charge is 0.492 e. The number of nitrogens with zero attached hydrogens (tertiary/aromatic N) is 1. The minimum Gasteiger partial charge on any atom is -0.492 e. The molecule has 0 heterocycles. The minimum atomic E-state index is -0.927. The van der Waals surface area contributed by atoms with Crippen molar-refractivity contribution in [2.75, 3.05) is 19.7 Å². The van der Waals surface area contributed by atoms with E-state index in [-0.39, 0.29) is 30.9 Å². The first kappa shape index (κ1) is 17.2. The molecule has 0 radical (unpaired) electrons. The minimum absolute atomic E-state index is 0.0642. The maximum atomic E-state index is 12.7. The SMILES string of the molecule is CC(C(=O)O)N(CC(=O)NCCOc1ccc(F)cc1)C1CC1. The maximum absolute atomic E-state index is 12.7. The quantitative estimate of drug-likeness (QED) is 0.669. The van der Waals surface area contributed by atoms with Gasteiger partial charge in [0.15, 0.2) is 0 Å². The van der Waals surface area contributed by atoms with E-state index >= 15 is 0 Å². The number of nitrogens with one attached hydrogen (secondary N) is 1. The summed E-state index contributed by atoms with van der Waals surface area (Å²) in [6.07, 6.45) is 1.86. The molecule has 6 nitrogen and oxygen atoms in total. The fourth-order valence-corrected chi connectivity index (χ4v) is 2.24. The summed E-state index contributed by atoms with van der Waals surface area (Å²) < 4.78 is 18.1. The first-order valence-corrected chi connectivity index (χ1v) is 7.61. The lowest BCUT2D eigenvalue weighted by Gasteiger charge is -2.25. The Labute approximate surface area is 134 Å². The highest BCUT2D eigenvalue weighted by atomic mass is 19.1. The number of amides is 1. The number of carboxylic acids is 1. The molecule has 2 rings (SSSR count). The smallest absolute Gasteiger partial charge is 0.320 e. The molecule has 1 aliphatic carbocycles. The summed E-state index contributed by atoms with van der Waals surface area (Å²) in [7, 11) is 0. The van der Waals surface area contributed by atoms with Crippen LogP contribution in [-0.2, 0) is 9.59 Å². The van der Waals surface area contributed by atoms with E-state index in [1.807, 2.05) is 0 Å². The highest BCUT2D eigenvalue weighted by Crippen LogP contribution is 2.28. The van der Waals surface area contributed by atoms with Crippen LogP contribution in [0, 0.1) is 5.82 Å². The van der Waals surface area contributed by atoms with Gasteiger partial charge < -0.3 is 15.2 Å². The summed E-state index contributed by atoms with van der Waals surface area (Å²) in [6.45, 7) is 2.21. The molecule has 1 amide bonds.